The van der Waals surface area contributed by atoms with E-state index in [9.17, 15) is 4.39 Å². The quantitative estimate of drug-likeness (QED) is 0.410. The first-order valence-corrected chi connectivity index (χ1v) is 10.9. The molecule has 0 saturated carbocycles. The van der Waals surface area contributed by atoms with Crippen molar-refractivity contribution in [2.24, 2.45) is 0 Å². The molecule has 0 radical (unpaired) electrons. The Morgan fingerprint density at radius 1 is 1.10 bits per heavy atom. The van der Waals surface area contributed by atoms with Crippen molar-refractivity contribution in [3.8, 4) is 5.69 Å². The summed E-state index contributed by atoms with van der Waals surface area (Å²) in [7, 11) is 1.73. The van der Waals surface area contributed by atoms with Gasteiger partial charge in [-0.25, -0.2) is 9.07 Å². The molecule has 5 rings (SSSR count). The highest BCUT2D eigenvalue weighted by atomic mass is 19.1. The van der Waals surface area contributed by atoms with Crippen molar-refractivity contribution in [1.29, 1.82) is 0 Å². The number of nitrogens with zero attached hydrogens (tertiary/aromatic N) is 3. The Morgan fingerprint density at radius 3 is 2.58 bits per heavy atom. The molecule has 2 aromatic carbocycles. The van der Waals surface area contributed by atoms with Crippen molar-refractivity contribution in [2.75, 3.05) is 13.7 Å². The maximum Gasteiger partial charge on any atom is 0.150 e. The van der Waals surface area contributed by atoms with Crippen LogP contribution in [0.3, 0.4) is 0 Å². The van der Waals surface area contributed by atoms with Gasteiger partial charge in [-0.3, -0.25) is 0 Å². The third-order valence-corrected chi connectivity index (χ3v) is 6.27. The molecule has 0 amide bonds. The minimum absolute atomic E-state index is 0.00483. The van der Waals surface area contributed by atoms with Crippen LogP contribution in [0.25, 0.3) is 27.5 Å². The molecule has 1 unspecified atom stereocenters. The van der Waals surface area contributed by atoms with Crippen molar-refractivity contribution in [2.45, 2.75) is 51.4 Å². The Morgan fingerprint density at radius 2 is 1.87 bits per heavy atom. The van der Waals surface area contributed by atoms with E-state index in [0.717, 1.165) is 65.5 Å². The van der Waals surface area contributed by atoms with Crippen molar-refractivity contribution in [3.63, 3.8) is 0 Å². The normalized spacial score (nSPS) is 17.6. The minimum Gasteiger partial charge on any atom is -0.378 e. The topological polar surface area (TPSA) is 41.2 Å². The molecule has 1 aliphatic heterocycles. The summed E-state index contributed by atoms with van der Waals surface area (Å²) in [6.45, 7) is 4.94. The maximum atomic E-state index is 13.6. The molecule has 3 heterocycles. The highest BCUT2D eigenvalue weighted by Gasteiger charge is 2.23. The summed E-state index contributed by atoms with van der Waals surface area (Å²) in [6, 6.07) is 13.2. The minimum atomic E-state index is -0.321. The monoisotopic (exact) mass is 421 g/mol. The number of aromatic nitrogens is 3. The van der Waals surface area contributed by atoms with Crippen LogP contribution in [0.1, 0.15) is 45.0 Å². The van der Waals surface area contributed by atoms with E-state index in [-0.39, 0.29) is 17.6 Å². The van der Waals surface area contributed by atoms with E-state index in [0.29, 0.717) is 0 Å². The fourth-order valence-corrected chi connectivity index (χ4v) is 4.49. The van der Waals surface area contributed by atoms with Crippen LogP contribution in [0.2, 0.25) is 0 Å². The molecule has 0 bridgehead atoms. The maximum absolute atomic E-state index is 13.6. The van der Waals surface area contributed by atoms with Gasteiger partial charge in [-0.15, -0.1) is 0 Å². The van der Waals surface area contributed by atoms with Crippen LogP contribution in [0.15, 0.2) is 48.7 Å². The first kappa shape index (κ1) is 20.2. The third-order valence-electron chi connectivity index (χ3n) is 6.27. The number of ether oxygens (including phenoxy) is 2. The van der Waals surface area contributed by atoms with Crippen LogP contribution in [0, 0.1) is 5.82 Å². The van der Waals surface area contributed by atoms with Crippen LogP contribution in [-0.4, -0.2) is 33.7 Å². The SMILES string of the molecule is COC(C)(C)Cc1cc2cc3c(cnn3C3CCCCO3)cc2n1-c1ccc(F)cc1. The molecule has 0 aliphatic carbocycles. The highest BCUT2D eigenvalue weighted by Crippen LogP contribution is 2.33. The van der Waals surface area contributed by atoms with E-state index in [1.165, 1.54) is 12.1 Å². The molecule has 1 saturated heterocycles. The van der Waals surface area contributed by atoms with Crippen molar-refractivity contribution in [3.05, 3.63) is 60.2 Å². The van der Waals surface area contributed by atoms with Gasteiger partial charge in [0.25, 0.3) is 0 Å². The largest absolute Gasteiger partial charge is 0.378 e. The Balaban J connectivity index is 1.69. The van der Waals surface area contributed by atoms with E-state index in [4.69, 9.17) is 9.47 Å². The van der Waals surface area contributed by atoms with Crippen molar-refractivity contribution >= 4 is 21.8 Å². The van der Waals surface area contributed by atoms with Gasteiger partial charge in [0.15, 0.2) is 6.23 Å². The van der Waals surface area contributed by atoms with E-state index >= 15 is 0 Å². The molecule has 0 spiro atoms. The first-order valence-electron chi connectivity index (χ1n) is 10.9. The predicted octanol–water partition coefficient (Wildman–Crippen LogP) is 5.79. The second-order valence-corrected chi connectivity index (χ2v) is 8.97. The van der Waals surface area contributed by atoms with Gasteiger partial charge < -0.3 is 14.0 Å². The molecule has 1 aliphatic rings. The lowest BCUT2D eigenvalue weighted by Gasteiger charge is -2.24. The number of halogens is 1. The van der Waals surface area contributed by atoms with E-state index < -0.39 is 0 Å². The number of rotatable bonds is 5. The zero-order chi connectivity index (χ0) is 21.6. The molecule has 31 heavy (non-hydrogen) atoms. The summed E-state index contributed by atoms with van der Waals surface area (Å²) in [6.07, 6.45) is 5.88. The molecular formula is C25H28FN3O2. The smallest absolute Gasteiger partial charge is 0.150 e. The molecule has 6 heteroatoms. The number of fused-ring (bicyclic) bond motifs is 2. The molecule has 1 atom stereocenters. The zero-order valence-corrected chi connectivity index (χ0v) is 18.3. The van der Waals surface area contributed by atoms with Gasteiger partial charge in [0.05, 0.1) is 22.8 Å². The summed E-state index contributed by atoms with van der Waals surface area (Å²) >= 11 is 0. The summed E-state index contributed by atoms with van der Waals surface area (Å²) in [5.41, 5.74) is 3.88. The number of benzene rings is 2. The van der Waals surface area contributed by atoms with E-state index in [2.05, 4.69) is 41.7 Å². The molecule has 2 aromatic heterocycles. The highest BCUT2D eigenvalue weighted by molar-refractivity contribution is 5.96. The number of hydrogen-bond donors (Lipinski definition) is 0. The van der Waals surface area contributed by atoms with Gasteiger partial charge in [-0.05, 0) is 75.6 Å². The van der Waals surface area contributed by atoms with Crippen LogP contribution in [0.4, 0.5) is 4.39 Å². The second-order valence-electron chi connectivity index (χ2n) is 8.97. The van der Waals surface area contributed by atoms with Gasteiger partial charge in [-0.2, -0.15) is 5.10 Å². The lowest BCUT2D eigenvalue weighted by molar-refractivity contribution is -0.0366. The fourth-order valence-electron chi connectivity index (χ4n) is 4.49. The molecule has 0 N–H and O–H groups in total. The van der Waals surface area contributed by atoms with Gasteiger partial charge in [-0.1, -0.05) is 0 Å². The first-order chi connectivity index (χ1) is 14.9. The van der Waals surface area contributed by atoms with Crippen molar-refractivity contribution in [1.82, 2.24) is 14.3 Å². The summed E-state index contributed by atoms with van der Waals surface area (Å²) < 4.78 is 29.5. The number of hydrogen-bond acceptors (Lipinski definition) is 3. The second kappa shape index (κ2) is 7.77. The average Bonchev–Trinajstić information content (AvgIpc) is 3.33. The molecule has 1 fully saturated rings. The van der Waals surface area contributed by atoms with Gasteiger partial charge in [0, 0.05) is 42.3 Å². The van der Waals surface area contributed by atoms with E-state index in [1.54, 1.807) is 7.11 Å². The Hall–Kier alpha value is -2.70. The van der Waals surface area contributed by atoms with Crippen molar-refractivity contribution < 1.29 is 13.9 Å². The summed E-state index contributed by atoms with van der Waals surface area (Å²) in [5.74, 6) is -0.241. The van der Waals surface area contributed by atoms with Gasteiger partial charge >= 0.3 is 0 Å². The average molecular weight is 422 g/mol. The van der Waals surface area contributed by atoms with Crippen LogP contribution >= 0.6 is 0 Å². The van der Waals surface area contributed by atoms with E-state index in [1.807, 2.05) is 23.0 Å². The standard InChI is InChI=1S/C25H28FN3O2/c1-25(2,30-3)15-21-12-17-13-23-18(16-27-29(23)24-6-4-5-11-31-24)14-22(17)28(21)20-9-7-19(26)8-10-20/h7-10,12-14,16,24H,4-6,11,15H2,1-3H3. The predicted molar refractivity (Wildman–Crippen MR) is 120 cm³/mol. The third kappa shape index (κ3) is 3.75. The Bertz CT molecular complexity index is 1220. The lowest BCUT2D eigenvalue weighted by Crippen LogP contribution is -2.26. The summed E-state index contributed by atoms with van der Waals surface area (Å²) in [5, 5.41) is 6.84. The van der Waals surface area contributed by atoms with Gasteiger partial charge in [0.1, 0.15) is 5.82 Å². The summed E-state index contributed by atoms with van der Waals surface area (Å²) in [4.78, 5) is 0. The van der Waals surface area contributed by atoms with Crippen LogP contribution in [-0.2, 0) is 15.9 Å². The van der Waals surface area contributed by atoms with Crippen LogP contribution in [0.5, 0.6) is 0 Å². The molecule has 162 valence electrons. The molecular weight excluding hydrogens is 393 g/mol. The fraction of sp³-hybridized carbons (Fsp3) is 0.400. The molecule has 4 aromatic rings. The zero-order valence-electron chi connectivity index (χ0n) is 18.3. The Labute approximate surface area is 181 Å². The Kier molecular flexibility index (Phi) is 5.07. The van der Waals surface area contributed by atoms with Gasteiger partial charge in [0.2, 0.25) is 0 Å². The number of methoxy groups -OCH3 is 1. The lowest BCUT2D eigenvalue weighted by atomic mass is 10.0. The van der Waals surface area contributed by atoms with Crippen LogP contribution < -0.4 is 0 Å². The molecule has 5 nitrogen and oxygen atoms in total.